The van der Waals surface area contributed by atoms with Crippen LogP contribution in [0.5, 0.6) is 0 Å². The van der Waals surface area contributed by atoms with Gasteiger partial charge in [0.1, 0.15) is 5.54 Å². The standard InChI is InChI=1S/C9H17N3O2/c1-9(2,7(10)13)12-8(14)11-6-4-3-5-6/h6H,3-5H2,1-2H3,(H2,10,13)(H2,11,12,14). The molecule has 1 fully saturated rings. The lowest BCUT2D eigenvalue weighted by Crippen LogP contribution is -2.57. The molecule has 14 heavy (non-hydrogen) atoms. The van der Waals surface area contributed by atoms with Gasteiger partial charge in [-0.15, -0.1) is 0 Å². The fourth-order valence-corrected chi connectivity index (χ4v) is 1.12. The number of carbonyl (C=O) groups excluding carboxylic acids is 2. The molecule has 0 atom stereocenters. The molecule has 80 valence electrons. The molecular weight excluding hydrogens is 182 g/mol. The van der Waals surface area contributed by atoms with Crippen molar-refractivity contribution in [2.24, 2.45) is 5.73 Å². The smallest absolute Gasteiger partial charge is 0.315 e. The average Bonchev–Trinajstić information content (AvgIpc) is 1.96. The van der Waals surface area contributed by atoms with Gasteiger partial charge >= 0.3 is 6.03 Å². The van der Waals surface area contributed by atoms with Gasteiger partial charge in [-0.2, -0.15) is 0 Å². The predicted molar refractivity (Wildman–Crippen MR) is 52.6 cm³/mol. The monoisotopic (exact) mass is 199 g/mol. The second-order valence-electron chi connectivity index (χ2n) is 4.22. The molecule has 4 N–H and O–H groups in total. The van der Waals surface area contributed by atoms with Crippen molar-refractivity contribution in [2.45, 2.75) is 44.7 Å². The van der Waals surface area contributed by atoms with Crippen LogP contribution in [0.4, 0.5) is 4.79 Å². The van der Waals surface area contributed by atoms with E-state index in [2.05, 4.69) is 10.6 Å². The topological polar surface area (TPSA) is 84.2 Å². The highest BCUT2D eigenvalue weighted by atomic mass is 16.2. The van der Waals surface area contributed by atoms with Crippen molar-refractivity contribution in [1.29, 1.82) is 0 Å². The zero-order chi connectivity index (χ0) is 10.8. The summed E-state index contributed by atoms with van der Waals surface area (Å²) in [6.45, 7) is 3.16. The van der Waals surface area contributed by atoms with Gasteiger partial charge in [0, 0.05) is 6.04 Å². The van der Waals surface area contributed by atoms with Gasteiger partial charge in [-0.3, -0.25) is 4.79 Å². The third kappa shape index (κ3) is 2.61. The minimum absolute atomic E-state index is 0.263. The SMILES string of the molecule is CC(C)(NC(=O)NC1CCC1)C(N)=O. The van der Waals surface area contributed by atoms with E-state index in [9.17, 15) is 9.59 Å². The van der Waals surface area contributed by atoms with Crippen LogP contribution in [-0.4, -0.2) is 23.5 Å². The van der Waals surface area contributed by atoms with E-state index < -0.39 is 11.4 Å². The molecule has 0 aromatic heterocycles. The zero-order valence-electron chi connectivity index (χ0n) is 8.59. The highest BCUT2D eigenvalue weighted by Crippen LogP contribution is 2.17. The van der Waals surface area contributed by atoms with Gasteiger partial charge < -0.3 is 16.4 Å². The van der Waals surface area contributed by atoms with E-state index in [0.717, 1.165) is 19.3 Å². The third-order valence-corrected chi connectivity index (χ3v) is 2.48. The molecule has 1 rings (SSSR count). The summed E-state index contributed by atoms with van der Waals surface area (Å²) in [6, 6.07) is -0.0582. The number of urea groups is 1. The summed E-state index contributed by atoms with van der Waals surface area (Å²) in [6.07, 6.45) is 3.19. The highest BCUT2D eigenvalue weighted by molar-refractivity contribution is 5.89. The first-order valence-electron chi connectivity index (χ1n) is 4.80. The number of hydrogen-bond donors (Lipinski definition) is 3. The van der Waals surface area contributed by atoms with Crippen LogP contribution in [0.25, 0.3) is 0 Å². The number of rotatable bonds is 3. The van der Waals surface area contributed by atoms with Crippen LogP contribution in [0.15, 0.2) is 0 Å². The summed E-state index contributed by atoms with van der Waals surface area (Å²) >= 11 is 0. The largest absolute Gasteiger partial charge is 0.368 e. The van der Waals surface area contributed by atoms with Gasteiger partial charge in [0.05, 0.1) is 0 Å². The third-order valence-electron chi connectivity index (χ3n) is 2.48. The Morgan fingerprint density at radius 1 is 1.36 bits per heavy atom. The summed E-state index contributed by atoms with van der Waals surface area (Å²) in [7, 11) is 0. The van der Waals surface area contributed by atoms with Crippen molar-refractivity contribution in [1.82, 2.24) is 10.6 Å². The van der Waals surface area contributed by atoms with E-state index >= 15 is 0 Å². The molecule has 1 aliphatic rings. The summed E-state index contributed by atoms with van der Waals surface area (Å²) in [5, 5.41) is 5.30. The minimum Gasteiger partial charge on any atom is -0.368 e. The van der Waals surface area contributed by atoms with Crippen molar-refractivity contribution in [3.8, 4) is 0 Å². The lowest BCUT2D eigenvalue weighted by atomic mass is 9.93. The number of nitrogens with one attached hydrogen (secondary N) is 2. The van der Waals surface area contributed by atoms with Gasteiger partial charge in [-0.1, -0.05) is 0 Å². The van der Waals surface area contributed by atoms with E-state index in [-0.39, 0.29) is 12.1 Å². The molecule has 0 aromatic carbocycles. The molecule has 0 saturated heterocycles. The fraction of sp³-hybridized carbons (Fsp3) is 0.778. The Morgan fingerprint density at radius 2 is 1.93 bits per heavy atom. The number of hydrogen-bond acceptors (Lipinski definition) is 2. The Hall–Kier alpha value is -1.26. The summed E-state index contributed by atoms with van der Waals surface area (Å²) in [5.74, 6) is -0.541. The molecule has 0 heterocycles. The van der Waals surface area contributed by atoms with Crippen molar-refractivity contribution in [3.05, 3.63) is 0 Å². The Bertz CT molecular complexity index is 246. The quantitative estimate of drug-likeness (QED) is 0.602. The Labute approximate surface area is 83.4 Å². The van der Waals surface area contributed by atoms with Gasteiger partial charge in [0.2, 0.25) is 5.91 Å². The first-order chi connectivity index (χ1) is 6.42. The molecule has 1 aliphatic carbocycles. The molecular formula is C9H17N3O2. The Morgan fingerprint density at radius 3 is 2.29 bits per heavy atom. The van der Waals surface area contributed by atoms with Crippen LogP contribution in [-0.2, 0) is 4.79 Å². The second-order valence-corrected chi connectivity index (χ2v) is 4.22. The van der Waals surface area contributed by atoms with Gasteiger partial charge in [-0.25, -0.2) is 4.79 Å². The predicted octanol–water partition coefficient (Wildman–Crippen LogP) is 0.102. The van der Waals surface area contributed by atoms with E-state index in [1.807, 2.05) is 0 Å². The van der Waals surface area contributed by atoms with Crippen LogP contribution in [0.2, 0.25) is 0 Å². The number of nitrogens with two attached hydrogens (primary N) is 1. The van der Waals surface area contributed by atoms with Crippen molar-refractivity contribution in [3.63, 3.8) is 0 Å². The molecule has 0 aliphatic heterocycles. The molecule has 5 nitrogen and oxygen atoms in total. The van der Waals surface area contributed by atoms with E-state index in [1.54, 1.807) is 13.8 Å². The zero-order valence-corrected chi connectivity index (χ0v) is 8.59. The Balaban J connectivity index is 2.35. The summed E-state index contributed by atoms with van der Waals surface area (Å²) in [5.41, 5.74) is 4.12. The number of primary amides is 1. The van der Waals surface area contributed by atoms with Gasteiger partial charge in [0.25, 0.3) is 0 Å². The van der Waals surface area contributed by atoms with Gasteiger partial charge in [0.15, 0.2) is 0 Å². The molecule has 3 amide bonds. The van der Waals surface area contributed by atoms with Crippen LogP contribution in [0.3, 0.4) is 0 Å². The fourth-order valence-electron chi connectivity index (χ4n) is 1.12. The first-order valence-corrected chi connectivity index (χ1v) is 4.80. The summed E-state index contributed by atoms with van der Waals surface area (Å²) in [4.78, 5) is 22.2. The maximum atomic E-state index is 11.3. The maximum absolute atomic E-state index is 11.3. The second kappa shape index (κ2) is 3.86. The Kier molecular flexibility index (Phi) is 2.98. The van der Waals surface area contributed by atoms with Crippen LogP contribution in [0.1, 0.15) is 33.1 Å². The normalized spacial score (nSPS) is 17.0. The van der Waals surface area contributed by atoms with Crippen molar-refractivity contribution < 1.29 is 9.59 Å². The van der Waals surface area contributed by atoms with Crippen molar-refractivity contribution >= 4 is 11.9 Å². The molecule has 0 aromatic rings. The average molecular weight is 199 g/mol. The lowest BCUT2D eigenvalue weighted by Gasteiger charge is -2.29. The molecule has 1 saturated carbocycles. The van der Waals surface area contributed by atoms with E-state index in [0.29, 0.717) is 0 Å². The van der Waals surface area contributed by atoms with Crippen LogP contribution >= 0.6 is 0 Å². The van der Waals surface area contributed by atoms with Crippen LogP contribution in [0, 0.1) is 0 Å². The van der Waals surface area contributed by atoms with Crippen LogP contribution < -0.4 is 16.4 Å². The molecule has 0 unspecified atom stereocenters. The molecule has 5 heteroatoms. The van der Waals surface area contributed by atoms with Crippen molar-refractivity contribution in [2.75, 3.05) is 0 Å². The number of carbonyl (C=O) groups is 2. The lowest BCUT2D eigenvalue weighted by molar-refractivity contribution is -0.122. The summed E-state index contributed by atoms with van der Waals surface area (Å²) < 4.78 is 0. The van der Waals surface area contributed by atoms with Gasteiger partial charge in [-0.05, 0) is 33.1 Å². The molecule has 0 bridgehead atoms. The maximum Gasteiger partial charge on any atom is 0.315 e. The number of amides is 3. The van der Waals surface area contributed by atoms with E-state index in [1.165, 1.54) is 0 Å². The first kappa shape index (κ1) is 10.8. The highest BCUT2D eigenvalue weighted by Gasteiger charge is 2.28. The molecule has 0 radical (unpaired) electrons. The molecule has 0 spiro atoms. The van der Waals surface area contributed by atoms with E-state index in [4.69, 9.17) is 5.73 Å². The minimum atomic E-state index is -0.992.